The molecule has 1 aromatic rings. The van der Waals surface area contributed by atoms with E-state index in [1.807, 2.05) is 0 Å². The van der Waals surface area contributed by atoms with Gasteiger partial charge in [-0.05, 0) is 66.9 Å². The molecule has 7 heteroatoms. The number of carbonyl (C=O) groups excluding carboxylic acids is 1. The van der Waals surface area contributed by atoms with Gasteiger partial charge in [0, 0.05) is 25.7 Å². The Morgan fingerprint density at radius 3 is 2.73 bits per heavy atom. The predicted octanol–water partition coefficient (Wildman–Crippen LogP) is 3.11. The number of aromatic nitrogens is 1. The molecule has 4 rings (SSSR count). The summed E-state index contributed by atoms with van der Waals surface area (Å²) in [6, 6.07) is 1.70. The number of aliphatic hydroxyl groups is 1. The first-order chi connectivity index (χ1) is 12.5. The van der Waals surface area contributed by atoms with Crippen molar-refractivity contribution in [2.45, 2.75) is 57.1 Å². The van der Waals surface area contributed by atoms with Gasteiger partial charge in [0.15, 0.2) is 0 Å². The lowest BCUT2D eigenvalue weighted by molar-refractivity contribution is -0.139. The van der Waals surface area contributed by atoms with Crippen LogP contribution < -0.4 is 4.90 Å². The molecular weight excluding hydrogens is 401 g/mol. The van der Waals surface area contributed by atoms with Crippen molar-refractivity contribution in [3.05, 3.63) is 22.6 Å². The van der Waals surface area contributed by atoms with Crippen LogP contribution in [0.25, 0.3) is 0 Å². The number of piperidine rings is 1. The summed E-state index contributed by atoms with van der Waals surface area (Å²) in [6.07, 6.45) is 7.14. The summed E-state index contributed by atoms with van der Waals surface area (Å²) in [4.78, 5) is 21.8. The fourth-order valence-corrected chi connectivity index (χ4v) is 5.47. The molecule has 0 radical (unpaired) electrons. The van der Waals surface area contributed by atoms with E-state index in [2.05, 4.69) is 30.7 Å². The summed E-state index contributed by atoms with van der Waals surface area (Å²) in [5.41, 5.74) is -0.343. The van der Waals surface area contributed by atoms with Gasteiger partial charge in [0.2, 0.25) is 5.91 Å². The van der Waals surface area contributed by atoms with Crippen molar-refractivity contribution in [1.82, 2.24) is 9.88 Å². The largest absolute Gasteiger partial charge is 0.393 e. The molecule has 0 aromatic carbocycles. The molecule has 3 heterocycles. The molecule has 1 unspecified atom stereocenters. The summed E-state index contributed by atoms with van der Waals surface area (Å²) in [6.45, 7) is 2.29. The maximum Gasteiger partial charge on any atom is 0.230 e. The monoisotopic (exact) mass is 425 g/mol. The first kappa shape index (κ1) is 18.2. The minimum absolute atomic E-state index is 0.204. The van der Waals surface area contributed by atoms with Crippen molar-refractivity contribution in [1.29, 1.82) is 0 Å². The number of nitrogens with zero attached hydrogens (tertiary/aromatic N) is 3. The molecule has 2 aliphatic heterocycles. The zero-order valence-corrected chi connectivity index (χ0v) is 16.4. The first-order valence-electron chi connectivity index (χ1n) is 9.54. The van der Waals surface area contributed by atoms with Crippen LogP contribution in [0.1, 0.15) is 44.9 Å². The SMILES string of the molecule is O=C1N(C2CCC(O)CC2)CCC12CCCN(c1ncc(F)cc1Br)C2. The van der Waals surface area contributed by atoms with E-state index in [1.54, 1.807) is 0 Å². The Labute approximate surface area is 161 Å². The van der Waals surface area contributed by atoms with Gasteiger partial charge in [-0.2, -0.15) is 0 Å². The van der Waals surface area contributed by atoms with Crippen LogP contribution in [0, 0.1) is 11.2 Å². The number of aliphatic hydroxyl groups excluding tert-OH is 1. The van der Waals surface area contributed by atoms with Crippen molar-refractivity contribution in [3.8, 4) is 0 Å². The fraction of sp³-hybridized carbons (Fsp3) is 0.684. The lowest BCUT2D eigenvalue weighted by Crippen LogP contribution is -2.50. The number of rotatable bonds is 2. The van der Waals surface area contributed by atoms with Gasteiger partial charge in [0.25, 0.3) is 0 Å². The van der Waals surface area contributed by atoms with Gasteiger partial charge in [-0.15, -0.1) is 0 Å². The molecule has 1 aromatic heterocycles. The van der Waals surface area contributed by atoms with Crippen LogP contribution in [0.3, 0.4) is 0 Å². The lowest BCUT2D eigenvalue weighted by atomic mass is 9.78. The van der Waals surface area contributed by atoms with Crippen molar-refractivity contribution in [3.63, 3.8) is 0 Å². The Morgan fingerprint density at radius 2 is 2.00 bits per heavy atom. The molecular formula is C19H25BrFN3O2. The summed E-state index contributed by atoms with van der Waals surface area (Å²) in [5.74, 6) is 0.620. The van der Waals surface area contributed by atoms with Crippen LogP contribution in [-0.2, 0) is 4.79 Å². The second-order valence-corrected chi connectivity index (χ2v) is 8.83. The Bertz CT molecular complexity index is 695. The van der Waals surface area contributed by atoms with E-state index in [0.717, 1.165) is 63.9 Å². The highest BCUT2D eigenvalue weighted by molar-refractivity contribution is 9.10. The summed E-state index contributed by atoms with van der Waals surface area (Å²) in [5, 5.41) is 9.74. The van der Waals surface area contributed by atoms with E-state index in [0.29, 0.717) is 11.0 Å². The summed E-state index contributed by atoms with van der Waals surface area (Å²) in [7, 11) is 0. The van der Waals surface area contributed by atoms with E-state index in [1.165, 1.54) is 12.3 Å². The maximum atomic E-state index is 13.4. The second kappa shape index (κ2) is 7.08. The topological polar surface area (TPSA) is 56.7 Å². The van der Waals surface area contributed by atoms with Crippen LogP contribution in [0.2, 0.25) is 0 Å². The minimum Gasteiger partial charge on any atom is -0.393 e. The number of hydrogen-bond acceptors (Lipinski definition) is 4. The lowest BCUT2D eigenvalue weighted by Gasteiger charge is -2.41. The molecule has 0 bridgehead atoms. The van der Waals surface area contributed by atoms with Crippen LogP contribution >= 0.6 is 15.9 Å². The molecule has 5 nitrogen and oxygen atoms in total. The molecule has 1 atom stereocenters. The second-order valence-electron chi connectivity index (χ2n) is 7.98. The molecule has 1 saturated carbocycles. The normalized spacial score (nSPS) is 32.5. The molecule has 1 aliphatic carbocycles. The standard InChI is InChI=1S/C19H25BrFN3O2/c20-16-10-13(21)11-22-17(16)23-8-1-6-19(12-23)7-9-24(18(19)26)14-2-4-15(25)5-3-14/h10-11,14-15,25H,1-9,12H2. The first-order valence-corrected chi connectivity index (χ1v) is 10.3. The third kappa shape index (κ3) is 3.24. The van der Waals surface area contributed by atoms with Crippen molar-refractivity contribution >= 4 is 27.7 Å². The molecule has 1 amide bonds. The van der Waals surface area contributed by atoms with Gasteiger partial charge in [0.1, 0.15) is 11.6 Å². The number of amides is 1. The van der Waals surface area contributed by atoms with Crippen molar-refractivity contribution in [2.24, 2.45) is 5.41 Å². The number of halogens is 2. The number of pyridine rings is 1. The third-order valence-electron chi connectivity index (χ3n) is 6.32. The Hall–Kier alpha value is -1.21. The number of likely N-dealkylation sites (tertiary alicyclic amines) is 1. The highest BCUT2D eigenvalue weighted by atomic mass is 79.9. The number of carbonyl (C=O) groups is 1. The van der Waals surface area contributed by atoms with Gasteiger partial charge < -0.3 is 14.9 Å². The van der Waals surface area contributed by atoms with Crippen LogP contribution in [0.15, 0.2) is 16.7 Å². The Morgan fingerprint density at radius 1 is 1.23 bits per heavy atom. The smallest absolute Gasteiger partial charge is 0.230 e. The van der Waals surface area contributed by atoms with Crippen molar-refractivity contribution in [2.75, 3.05) is 24.5 Å². The molecule has 1 N–H and O–H groups in total. The van der Waals surface area contributed by atoms with Gasteiger partial charge >= 0.3 is 0 Å². The van der Waals surface area contributed by atoms with Crippen LogP contribution in [0.4, 0.5) is 10.2 Å². The number of hydrogen-bond donors (Lipinski definition) is 1. The van der Waals surface area contributed by atoms with Gasteiger partial charge in [-0.1, -0.05) is 0 Å². The fourth-order valence-electron chi connectivity index (χ4n) is 4.90. The van der Waals surface area contributed by atoms with E-state index in [9.17, 15) is 14.3 Å². The highest BCUT2D eigenvalue weighted by Crippen LogP contribution is 2.44. The number of anilines is 1. The Kier molecular flexibility index (Phi) is 4.94. The zero-order valence-electron chi connectivity index (χ0n) is 14.8. The van der Waals surface area contributed by atoms with Crippen LogP contribution in [-0.4, -0.2) is 52.7 Å². The summed E-state index contributed by atoms with van der Waals surface area (Å²) >= 11 is 3.41. The third-order valence-corrected chi connectivity index (χ3v) is 6.90. The molecule has 142 valence electrons. The van der Waals surface area contributed by atoms with Gasteiger partial charge in [0.05, 0.1) is 22.2 Å². The average molecular weight is 426 g/mol. The molecule has 3 aliphatic rings. The highest BCUT2D eigenvalue weighted by Gasteiger charge is 2.50. The van der Waals surface area contributed by atoms with E-state index in [-0.39, 0.29) is 29.3 Å². The minimum atomic E-state index is -0.366. The van der Waals surface area contributed by atoms with E-state index < -0.39 is 0 Å². The molecule has 1 spiro atoms. The molecule has 2 saturated heterocycles. The summed E-state index contributed by atoms with van der Waals surface area (Å²) < 4.78 is 14.0. The van der Waals surface area contributed by atoms with Crippen molar-refractivity contribution < 1.29 is 14.3 Å². The van der Waals surface area contributed by atoms with Crippen LogP contribution in [0.5, 0.6) is 0 Å². The van der Waals surface area contributed by atoms with Gasteiger partial charge in [-0.3, -0.25) is 4.79 Å². The van der Waals surface area contributed by atoms with E-state index in [4.69, 9.17) is 0 Å². The molecule has 3 fully saturated rings. The zero-order chi connectivity index (χ0) is 18.3. The predicted molar refractivity (Wildman–Crippen MR) is 100 cm³/mol. The van der Waals surface area contributed by atoms with E-state index >= 15 is 0 Å². The molecule has 26 heavy (non-hydrogen) atoms. The average Bonchev–Trinajstić information content (AvgIpc) is 2.92. The Balaban J connectivity index is 1.50. The maximum absolute atomic E-state index is 13.4. The van der Waals surface area contributed by atoms with Gasteiger partial charge in [-0.25, -0.2) is 9.37 Å². The quantitative estimate of drug-likeness (QED) is 0.790.